The van der Waals surface area contributed by atoms with E-state index in [-0.39, 0.29) is 11.7 Å². The van der Waals surface area contributed by atoms with Gasteiger partial charge in [0.15, 0.2) is 11.6 Å². The van der Waals surface area contributed by atoms with Gasteiger partial charge in [0.05, 0.1) is 6.61 Å². The Morgan fingerprint density at radius 2 is 2.16 bits per heavy atom. The standard InChI is InChI=1S/C19H21FN2O3/c1-3-11-24-18-12-16(7-8-17(18)20)25-19-9-6-15(13-22-19)5-4-10-21-14(2)23/h4-9,12-13H,3,10-11H2,1-2H3,(H,21,23)/b5-4+. The lowest BCUT2D eigenvalue weighted by Gasteiger charge is -2.09. The van der Waals surface area contributed by atoms with Crippen molar-refractivity contribution in [1.82, 2.24) is 10.3 Å². The van der Waals surface area contributed by atoms with Crippen LogP contribution in [0, 0.1) is 5.82 Å². The molecule has 2 aromatic rings. The van der Waals surface area contributed by atoms with Crippen molar-refractivity contribution in [2.75, 3.05) is 13.2 Å². The van der Waals surface area contributed by atoms with Crippen molar-refractivity contribution in [2.24, 2.45) is 0 Å². The van der Waals surface area contributed by atoms with E-state index in [1.807, 2.05) is 25.1 Å². The van der Waals surface area contributed by atoms with Crippen molar-refractivity contribution in [3.05, 3.63) is 54.0 Å². The average Bonchev–Trinajstić information content (AvgIpc) is 2.60. The molecule has 0 saturated heterocycles. The van der Waals surface area contributed by atoms with Crippen LogP contribution in [-0.4, -0.2) is 24.0 Å². The minimum Gasteiger partial charge on any atom is -0.490 e. The zero-order valence-electron chi connectivity index (χ0n) is 14.3. The summed E-state index contributed by atoms with van der Waals surface area (Å²) in [6.45, 7) is 4.33. The second kappa shape index (κ2) is 9.42. The Morgan fingerprint density at radius 1 is 1.32 bits per heavy atom. The van der Waals surface area contributed by atoms with E-state index >= 15 is 0 Å². The molecule has 1 aromatic carbocycles. The first-order valence-corrected chi connectivity index (χ1v) is 8.05. The third-order valence-electron chi connectivity index (χ3n) is 3.13. The van der Waals surface area contributed by atoms with Crippen LogP contribution in [0.3, 0.4) is 0 Å². The number of pyridine rings is 1. The summed E-state index contributed by atoms with van der Waals surface area (Å²) in [5.41, 5.74) is 0.878. The minimum absolute atomic E-state index is 0.0758. The van der Waals surface area contributed by atoms with Crippen LogP contribution in [0.5, 0.6) is 17.4 Å². The minimum atomic E-state index is -0.423. The topological polar surface area (TPSA) is 60.5 Å². The zero-order chi connectivity index (χ0) is 18.1. The van der Waals surface area contributed by atoms with Gasteiger partial charge in [-0.25, -0.2) is 9.37 Å². The summed E-state index contributed by atoms with van der Waals surface area (Å²) >= 11 is 0. The molecular formula is C19H21FN2O3. The maximum absolute atomic E-state index is 13.7. The molecular weight excluding hydrogens is 323 g/mol. The summed E-state index contributed by atoms with van der Waals surface area (Å²) in [7, 11) is 0. The van der Waals surface area contributed by atoms with E-state index in [9.17, 15) is 9.18 Å². The van der Waals surface area contributed by atoms with Gasteiger partial charge in [-0.05, 0) is 30.2 Å². The Morgan fingerprint density at radius 3 is 2.84 bits per heavy atom. The van der Waals surface area contributed by atoms with E-state index in [2.05, 4.69) is 10.3 Å². The highest BCUT2D eigenvalue weighted by Crippen LogP contribution is 2.27. The number of halogens is 1. The van der Waals surface area contributed by atoms with E-state index in [1.165, 1.54) is 25.1 Å². The van der Waals surface area contributed by atoms with Gasteiger partial charge in [0.1, 0.15) is 5.75 Å². The molecule has 25 heavy (non-hydrogen) atoms. The maximum Gasteiger partial charge on any atom is 0.219 e. The molecule has 0 spiro atoms. The molecule has 0 aliphatic carbocycles. The number of benzene rings is 1. The largest absolute Gasteiger partial charge is 0.490 e. The monoisotopic (exact) mass is 344 g/mol. The molecule has 132 valence electrons. The Hall–Kier alpha value is -2.89. The lowest BCUT2D eigenvalue weighted by atomic mass is 10.2. The highest BCUT2D eigenvalue weighted by Gasteiger charge is 2.07. The number of amides is 1. The van der Waals surface area contributed by atoms with Crippen molar-refractivity contribution < 1.29 is 18.7 Å². The van der Waals surface area contributed by atoms with Crippen molar-refractivity contribution >= 4 is 12.0 Å². The molecule has 1 aromatic heterocycles. The third-order valence-corrected chi connectivity index (χ3v) is 3.13. The quantitative estimate of drug-likeness (QED) is 0.788. The molecule has 0 saturated carbocycles. The molecule has 0 unspecified atom stereocenters. The highest BCUT2D eigenvalue weighted by atomic mass is 19.1. The van der Waals surface area contributed by atoms with Crippen LogP contribution in [0.4, 0.5) is 4.39 Å². The molecule has 2 rings (SSSR count). The first-order valence-electron chi connectivity index (χ1n) is 8.05. The number of aromatic nitrogens is 1. The predicted molar refractivity (Wildman–Crippen MR) is 94.2 cm³/mol. The number of hydrogen-bond donors (Lipinski definition) is 1. The van der Waals surface area contributed by atoms with Crippen LogP contribution in [0.25, 0.3) is 6.08 Å². The van der Waals surface area contributed by atoms with Gasteiger partial charge in [0, 0.05) is 31.8 Å². The molecule has 0 aliphatic rings. The van der Waals surface area contributed by atoms with Crippen molar-refractivity contribution in [3.63, 3.8) is 0 Å². The summed E-state index contributed by atoms with van der Waals surface area (Å²) in [6.07, 6.45) is 6.12. The first kappa shape index (κ1) is 18.4. The summed E-state index contributed by atoms with van der Waals surface area (Å²) in [5, 5.41) is 2.67. The molecule has 0 radical (unpaired) electrons. The number of carbonyl (C=O) groups excluding carboxylic acids is 1. The normalized spacial score (nSPS) is 10.7. The molecule has 0 aliphatic heterocycles. The number of carbonyl (C=O) groups is 1. The van der Waals surface area contributed by atoms with Crippen LogP contribution in [0.2, 0.25) is 0 Å². The number of nitrogens with one attached hydrogen (secondary N) is 1. The average molecular weight is 344 g/mol. The van der Waals surface area contributed by atoms with E-state index in [4.69, 9.17) is 9.47 Å². The second-order valence-electron chi connectivity index (χ2n) is 5.31. The van der Waals surface area contributed by atoms with Gasteiger partial charge in [0.2, 0.25) is 11.8 Å². The third kappa shape index (κ3) is 6.25. The van der Waals surface area contributed by atoms with E-state index < -0.39 is 5.82 Å². The summed E-state index contributed by atoms with van der Waals surface area (Å²) in [6, 6.07) is 7.89. The van der Waals surface area contributed by atoms with Crippen LogP contribution >= 0.6 is 0 Å². The fourth-order valence-corrected chi connectivity index (χ4v) is 1.94. The fourth-order valence-electron chi connectivity index (χ4n) is 1.94. The lowest BCUT2D eigenvalue weighted by molar-refractivity contribution is -0.118. The van der Waals surface area contributed by atoms with Gasteiger partial charge in [0.25, 0.3) is 0 Å². The SMILES string of the molecule is CCCOc1cc(Oc2ccc(/C=C/CNC(C)=O)cn2)ccc1F. The van der Waals surface area contributed by atoms with Crippen LogP contribution < -0.4 is 14.8 Å². The van der Waals surface area contributed by atoms with Gasteiger partial charge in [-0.2, -0.15) is 0 Å². The molecule has 0 fully saturated rings. The summed E-state index contributed by atoms with van der Waals surface area (Å²) in [5.74, 6) is 0.513. The Balaban J connectivity index is 1.97. The second-order valence-corrected chi connectivity index (χ2v) is 5.31. The van der Waals surface area contributed by atoms with Gasteiger partial charge in [-0.15, -0.1) is 0 Å². The molecule has 0 atom stereocenters. The highest BCUT2D eigenvalue weighted by molar-refractivity contribution is 5.73. The van der Waals surface area contributed by atoms with Gasteiger partial charge in [-0.3, -0.25) is 4.79 Å². The van der Waals surface area contributed by atoms with Crippen LogP contribution in [0.15, 0.2) is 42.6 Å². The summed E-state index contributed by atoms with van der Waals surface area (Å²) < 4.78 is 24.6. The van der Waals surface area contributed by atoms with Crippen molar-refractivity contribution in [3.8, 4) is 17.4 Å². The summed E-state index contributed by atoms with van der Waals surface area (Å²) in [4.78, 5) is 15.0. The van der Waals surface area contributed by atoms with Gasteiger partial charge < -0.3 is 14.8 Å². The van der Waals surface area contributed by atoms with Crippen molar-refractivity contribution in [1.29, 1.82) is 0 Å². The maximum atomic E-state index is 13.7. The molecule has 0 bridgehead atoms. The van der Waals surface area contributed by atoms with Crippen LogP contribution in [0.1, 0.15) is 25.8 Å². The lowest BCUT2D eigenvalue weighted by Crippen LogP contribution is -2.19. The number of rotatable bonds is 8. The van der Waals surface area contributed by atoms with E-state index in [0.29, 0.717) is 24.8 Å². The van der Waals surface area contributed by atoms with Crippen LogP contribution in [-0.2, 0) is 4.79 Å². The predicted octanol–water partition coefficient (Wildman–Crippen LogP) is 3.95. The van der Waals surface area contributed by atoms with Gasteiger partial charge in [-0.1, -0.05) is 19.1 Å². The molecule has 5 nitrogen and oxygen atoms in total. The first-order chi connectivity index (χ1) is 12.1. The Kier molecular flexibility index (Phi) is 6.95. The van der Waals surface area contributed by atoms with E-state index in [1.54, 1.807) is 12.3 Å². The van der Waals surface area contributed by atoms with E-state index in [0.717, 1.165) is 12.0 Å². The molecule has 1 amide bonds. The fraction of sp³-hybridized carbons (Fsp3) is 0.263. The Labute approximate surface area is 146 Å². The number of ether oxygens (including phenoxy) is 2. The number of nitrogens with zero attached hydrogens (tertiary/aromatic N) is 1. The molecule has 1 heterocycles. The smallest absolute Gasteiger partial charge is 0.219 e. The zero-order valence-corrected chi connectivity index (χ0v) is 14.3. The number of hydrogen-bond acceptors (Lipinski definition) is 4. The molecule has 1 N–H and O–H groups in total. The van der Waals surface area contributed by atoms with Crippen molar-refractivity contribution in [2.45, 2.75) is 20.3 Å². The molecule has 6 heteroatoms. The Bertz CT molecular complexity index is 730. The van der Waals surface area contributed by atoms with Gasteiger partial charge >= 0.3 is 0 Å².